The van der Waals surface area contributed by atoms with Gasteiger partial charge in [-0.1, -0.05) is 23.7 Å². The fourth-order valence-corrected chi connectivity index (χ4v) is 3.30. The molecule has 1 aromatic heterocycles. The number of ether oxygens (including phenoxy) is 1. The summed E-state index contributed by atoms with van der Waals surface area (Å²) in [5.41, 5.74) is 0.0740. The molecule has 2 N–H and O–H groups in total. The van der Waals surface area contributed by atoms with Gasteiger partial charge in [0.1, 0.15) is 0 Å². The lowest BCUT2D eigenvalue weighted by Gasteiger charge is -2.19. The van der Waals surface area contributed by atoms with Gasteiger partial charge in [0, 0.05) is 44.1 Å². The van der Waals surface area contributed by atoms with Gasteiger partial charge in [-0.25, -0.2) is 4.98 Å². The van der Waals surface area contributed by atoms with Crippen LogP contribution in [0.15, 0.2) is 34.6 Å². The third-order valence-corrected chi connectivity index (χ3v) is 4.80. The van der Waals surface area contributed by atoms with Crippen LogP contribution in [0, 0.1) is 0 Å². The van der Waals surface area contributed by atoms with Gasteiger partial charge in [0.25, 0.3) is 0 Å². The molecule has 0 bridgehead atoms. The van der Waals surface area contributed by atoms with Crippen molar-refractivity contribution in [2.24, 2.45) is 4.99 Å². The topological polar surface area (TPSA) is 58.5 Å². The van der Waals surface area contributed by atoms with Crippen LogP contribution in [0.4, 0.5) is 13.2 Å². The minimum absolute atomic E-state index is 0. The average molecular weight is 549 g/mol. The summed E-state index contributed by atoms with van der Waals surface area (Å²) < 4.78 is 43.2. The molecular formula is C17H21ClF3IN4OS. The number of nitrogens with one attached hydrogen (secondary N) is 2. The molecule has 2 rings (SSSR count). The van der Waals surface area contributed by atoms with E-state index in [2.05, 4.69) is 20.6 Å². The molecule has 1 aromatic carbocycles. The van der Waals surface area contributed by atoms with Gasteiger partial charge in [0.05, 0.1) is 11.1 Å². The van der Waals surface area contributed by atoms with Crippen molar-refractivity contribution < 1.29 is 17.9 Å². The molecular weight excluding hydrogens is 528 g/mol. The normalized spacial score (nSPS) is 13.0. The van der Waals surface area contributed by atoms with E-state index in [0.29, 0.717) is 35.5 Å². The Hall–Kier alpha value is -1.11. The third-order valence-electron chi connectivity index (χ3n) is 3.66. The van der Waals surface area contributed by atoms with E-state index in [0.717, 1.165) is 22.3 Å². The maximum atomic E-state index is 12.6. The van der Waals surface area contributed by atoms with E-state index in [1.54, 1.807) is 20.2 Å². The van der Waals surface area contributed by atoms with Gasteiger partial charge in [0.15, 0.2) is 11.7 Å². The first kappa shape index (κ1) is 24.9. The molecule has 0 radical (unpaired) electrons. The van der Waals surface area contributed by atoms with Crippen LogP contribution >= 0.6 is 46.9 Å². The quantitative estimate of drug-likeness (QED) is 0.303. The van der Waals surface area contributed by atoms with Crippen LogP contribution < -0.4 is 10.6 Å². The van der Waals surface area contributed by atoms with Gasteiger partial charge in [-0.15, -0.1) is 35.3 Å². The molecule has 2 aromatic rings. The van der Waals surface area contributed by atoms with E-state index in [1.807, 2.05) is 18.2 Å². The Kier molecular flexibility index (Phi) is 10.5. The van der Waals surface area contributed by atoms with Crippen LogP contribution in [0.25, 0.3) is 0 Å². The number of guanidine groups is 1. The first-order valence-corrected chi connectivity index (χ1v) is 9.33. The van der Waals surface area contributed by atoms with Gasteiger partial charge in [-0.05, 0) is 17.7 Å². The second-order valence-electron chi connectivity index (χ2n) is 5.53. The highest BCUT2D eigenvalue weighted by Gasteiger charge is 2.33. The van der Waals surface area contributed by atoms with E-state index < -0.39 is 11.9 Å². The number of thiazole rings is 1. The standard InChI is InChI=1S/C17H20ClF3N4OS.HI/c1-22-16(23-7-6-15-25-14(10-27-15)17(19,20)21)24-9-13(26-2)11-4-3-5-12(18)8-11;/h3-5,8,10,13H,6-7,9H2,1-2H3,(H2,22,23,24);1H. The zero-order valence-corrected chi connectivity index (χ0v) is 19.1. The number of alkyl halides is 3. The lowest BCUT2D eigenvalue weighted by atomic mass is 10.1. The van der Waals surface area contributed by atoms with Crippen molar-refractivity contribution in [3.8, 4) is 0 Å². The second kappa shape index (κ2) is 11.8. The van der Waals surface area contributed by atoms with Crippen molar-refractivity contribution in [1.82, 2.24) is 15.6 Å². The number of hydrogen-bond donors (Lipinski definition) is 2. The molecule has 1 atom stereocenters. The van der Waals surface area contributed by atoms with Gasteiger partial charge >= 0.3 is 6.18 Å². The Balaban J connectivity index is 0.00000392. The summed E-state index contributed by atoms with van der Waals surface area (Å²) in [6.07, 6.45) is -4.27. The fraction of sp³-hybridized carbons (Fsp3) is 0.412. The number of nitrogens with zero attached hydrogens (tertiary/aromatic N) is 2. The molecule has 0 aliphatic carbocycles. The second-order valence-corrected chi connectivity index (χ2v) is 6.91. The number of methoxy groups -OCH3 is 1. The van der Waals surface area contributed by atoms with E-state index in [1.165, 1.54) is 0 Å². The first-order chi connectivity index (χ1) is 12.8. The van der Waals surface area contributed by atoms with Crippen LogP contribution in [0.5, 0.6) is 0 Å². The highest BCUT2D eigenvalue weighted by Crippen LogP contribution is 2.30. The van der Waals surface area contributed by atoms with Crippen LogP contribution in [0.2, 0.25) is 5.02 Å². The Morgan fingerprint density at radius 3 is 2.68 bits per heavy atom. The van der Waals surface area contributed by atoms with Crippen molar-refractivity contribution in [3.05, 3.63) is 50.9 Å². The third kappa shape index (κ3) is 7.72. The molecule has 0 aliphatic heterocycles. The smallest absolute Gasteiger partial charge is 0.375 e. The number of hydrogen-bond acceptors (Lipinski definition) is 4. The number of aliphatic imine (C=N–C) groups is 1. The van der Waals surface area contributed by atoms with Crippen LogP contribution in [-0.4, -0.2) is 38.2 Å². The number of aromatic nitrogens is 1. The fourth-order valence-electron chi connectivity index (χ4n) is 2.30. The maximum absolute atomic E-state index is 12.6. The van der Waals surface area contributed by atoms with Gasteiger partial charge in [0.2, 0.25) is 0 Å². The SMILES string of the molecule is CN=C(NCCc1nc(C(F)(F)F)cs1)NCC(OC)c1cccc(Cl)c1.I. The predicted octanol–water partition coefficient (Wildman–Crippen LogP) is 4.53. The maximum Gasteiger partial charge on any atom is 0.434 e. The molecule has 156 valence electrons. The van der Waals surface area contributed by atoms with Crippen molar-refractivity contribution in [2.45, 2.75) is 18.7 Å². The van der Waals surface area contributed by atoms with E-state index in [9.17, 15) is 13.2 Å². The lowest BCUT2D eigenvalue weighted by molar-refractivity contribution is -0.140. The zero-order chi connectivity index (χ0) is 19.9. The average Bonchev–Trinajstić information content (AvgIpc) is 3.10. The highest BCUT2D eigenvalue weighted by molar-refractivity contribution is 14.0. The summed E-state index contributed by atoms with van der Waals surface area (Å²) >= 11 is 7.00. The molecule has 0 spiro atoms. The molecule has 0 amide bonds. The predicted molar refractivity (Wildman–Crippen MR) is 117 cm³/mol. The molecule has 0 saturated heterocycles. The van der Waals surface area contributed by atoms with Gasteiger partial charge < -0.3 is 15.4 Å². The number of benzene rings is 1. The Morgan fingerprint density at radius 2 is 2.11 bits per heavy atom. The van der Waals surface area contributed by atoms with E-state index >= 15 is 0 Å². The van der Waals surface area contributed by atoms with Crippen LogP contribution in [-0.2, 0) is 17.3 Å². The van der Waals surface area contributed by atoms with Gasteiger partial charge in [-0.2, -0.15) is 13.2 Å². The molecule has 5 nitrogen and oxygen atoms in total. The van der Waals surface area contributed by atoms with Gasteiger partial charge in [-0.3, -0.25) is 4.99 Å². The van der Waals surface area contributed by atoms with Crippen molar-refractivity contribution in [2.75, 3.05) is 27.2 Å². The Labute approximate surface area is 187 Å². The van der Waals surface area contributed by atoms with Crippen LogP contribution in [0.3, 0.4) is 0 Å². The summed E-state index contributed by atoms with van der Waals surface area (Å²) in [7, 11) is 3.21. The molecule has 28 heavy (non-hydrogen) atoms. The van der Waals surface area contributed by atoms with E-state index in [-0.39, 0.29) is 30.1 Å². The summed E-state index contributed by atoms with van der Waals surface area (Å²) in [5.74, 6) is 0.520. The molecule has 0 aliphatic rings. The highest BCUT2D eigenvalue weighted by atomic mass is 127. The molecule has 0 fully saturated rings. The van der Waals surface area contributed by atoms with Crippen molar-refractivity contribution >= 4 is 52.9 Å². The number of halogens is 5. The summed E-state index contributed by atoms with van der Waals surface area (Å²) in [6, 6.07) is 7.38. The molecule has 1 heterocycles. The lowest BCUT2D eigenvalue weighted by Crippen LogP contribution is -2.40. The first-order valence-electron chi connectivity index (χ1n) is 8.08. The van der Waals surface area contributed by atoms with Crippen molar-refractivity contribution in [1.29, 1.82) is 0 Å². The summed E-state index contributed by atoms with van der Waals surface area (Å²) in [6.45, 7) is 0.852. The summed E-state index contributed by atoms with van der Waals surface area (Å²) in [4.78, 5) is 7.70. The number of rotatable bonds is 7. The molecule has 1 unspecified atom stereocenters. The molecule has 11 heteroatoms. The molecule has 0 saturated carbocycles. The zero-order valence-electron chi connectivity index (χ0n) is 15.2. The minimum atomic E-state index is -4.41. The largest absolute Gasteiger partial charge is 0.434 e. The van der Waals surface area contributed by atoms with E-state index in [4.69, 9.17) is 16.3 Å². The van der Waals surface area contributed by atoms with Crippen LogP contribution in [0.1, 0.15) is 22.4 Å². The van der Waals surface area contributed by atoms with Crippen molar-refractivity contribution in [3.63, 3.8) is 0 Å². The Bertz CT molecular complexity index is 773. The Morgan fingerprint density at radius 1 is 1.36 bits per heavy atom. The minimum Gasteiger partial charge on any atom is -0.375 e. The summed E-state index contributed by atoms with van der Waals surface area (Å²) in [5, 5.41) is 8.24. The monoisotopic (exact) mass is 548 g/mol.